The second kappa shape index (κ2) is 6.84. The fraction of sp³-hybridized carbons (Fsp3) is 0.353. The van der Waals surface area contributed by atoms with E-state index in [2.05, 4.69) is 25.5 Å². The molecule has 1 aromatic carbocycles. The molecule has 25 heavy (non-hydrogen) atoms. The Kier molecular flexibility index (Phi) is 4.60. The van der Waals surface area contributed by atoms with E-state index < -0.39 is 6.04 Å². The second-order valence-electron chi connectivity index (χ2n) is 6.69. The normalized spacial score (nSPS) is 12.8. The summed E-state index contributed by atoms with van der Waals surface area (Å²) in [4.78, 5) is 20.7. The van der Waals surface area contributed by atoms with Crippen molar-refractivity contribution in [1.29, 1.82) is 0 Å². The molecule has 0 aliphatic rings. The molecule has 0 aliphatic heterocycles. The highest BCUT2D eigenvalue weighted by molar-refractivity contribution is 5.90. The van der Waals surface area contributed by atoms with Crippen LogP contribution in [0, 0.1) is 0 Å². The lowest BCUT2D eigenvalue weighted by Gasteiger charge is -2.18. The van der Waals surface area contributed by atoms with Gasteiger partial charge in [-0.2, -0.15) is 4.98 Å². The minimum Gasteiger partial charge on any atom is -0.343 e. The van der Waals surface area contributed by atoms with Gasteiger partial charge in [-0.15, -0.1) is 5.10 Å². The Morgan fingerprint density at radius 1 is 1.24 bits per heavy atom. The summed E-state index contributed by atoms with van der Waals surface area (Å²) in [6, 6.07) is 9.34. The first-order chi connectivity index (χ1) is 11.9. The first-order valence-corrected chi connectivity index (χ1v) is 7.96. The fourth-order valence-corrected chi connectivity index (χ4v) is 2.30. The van der Waals surface area contributed by atoms with Gasteiger partial charge in [-0.1, -0.05) is 35.5 Å². The summed E-state index contributed by atoms with van der Waals surface area (Å²) in [5.41, 5.74) is 0.800. The number of hydrogen-bond donors (Lipinski definition) is 1. The Balaban J connectivity index is 1.78. The van der Waals surface area contributed by atoms with Gasteiger partial charge in [0.2, 0.25) is 12.2 Å². The van der Waals surface area contributed by atoms with Crippen LogP contribution in [0.3, 0.4) is 0 Å². The molecule has 2 heterocycles. The number of benzene rings is 1. The highest BCUT2D eigenvalue weighted by Crippen LogP contribution is 2.16. The van der Waals surface area contributed by atoms with E-state index >= 15 is 0 Å². The number of carbonyl (C=O) groups is 1. The number of hydrogen-bond acceptors (Lipinski definition) is 6. The summed E-state index contributed by atoms with van der Waals surface area (Å²) >= 11 is 0. The van der Waals surface area contributed by atoms with Gasteiger partial charge in [-0.05, 0) is 26.3 Å². The molecule has 3 aromatic rings. The van der Waals surface area contributed by atoms with Gasteiger partial charge in [0.1, 0.15) is 6.33 Å². The van der Waals surface area contributed by atoms with Crippen molar-refractivity contribution in [1.82, 2.24) is 30.2 Å². The van der Waals surface area contributed by atoms with Gasteiger partial charge in [0, 0.05) is 6.42 Å². The van der Waals surface area contributed by atoms with Crippen LogP contribution in [0.5, 0.6) is 0 Å². The molecule has 3 rings (SSSR count). The molecule has 1 amide bonds. The van der Waals surface area contributed by atoms with E-state index in [1.807, 2.05) is 51.1 Å². The molecule has 1 N–H and O–H groups in total. The largest absolute Gasteiger partial charge is 0.343 e. The topological polar surface area (TPSA) is 98.7 Å². The van der Waals surface area contributed by atoms with E-state index in [0.29, 0.717) is 12.2 Å². The van der Waals surface area contributed by atoms with E-state index in [1.54, 1.807) is 11.0 Å². The lowest BCUT2D eigenvalue weighted by molar-refractivity contribution is 0.0922. The standard InChI is InChI=1S/C17H20N6O2/c1-17(2,3)23-10-18-15(21-23)16(24)20-13(14-19-11-25-22-14)9-12-7-5-4-6-8-12/h4-8,10-11,13H,9H2,1-3H3,(H,20,24)/t13-/m0/s1. The summed E-state index contributed by atoms with van der Waals surface area (Å²) in [5, 5.41) is 11.0. The summed E-state index contributed by atoms with van der Waals surface area (Å²) in [6.45, 7) is 5.96. The zero-order chi connectivity index (χ0) is 17.9. The van der Waals surface area contributed by atoms with Gasteiger partial charge in [0.05, 0.1) is 11.6 Å². The van der Waals surface area contributed by atoms with Crippen molar-refractivity contribution < 1.29 is 9.32 Å². The molecule has 8 nitrogen and oxygen atoms in total. The maximum absolute atomic E-state index is 12.5. The molecule has 0 radical (unpaired) electrons. The SMILES string of the molecule is CC(C)(C)n1cnc(C(=O)N[C@@H](Cc2ccccc2)c2ncon2)n1. The Labute approximate surface area is 145 Å². The Hall–Kier alpha value is -3.03. The average molecular weight is 340 g/mol. The van der Waals surface area contributed by atoms with Crippen molar-refractivity contribution in [2.45, 2.75) is 38.8 Å². The Bertz CT molecular complexity index is 820. The maximum atomic E-state index is 12.5. The molecule has 2 aromatic heterocycles. The van der Waals surface area contributed by atoms with Crippen LogP contribution >= 0.6 is 0 Å². The van der Waals surface area contributed by atoms with Crippen molar-refractivity contribution in [2.24, 2.45) is 0 Å². The molecule has 0 fully saturated rings. The van der Waals surface area contributed by atoms with Gasteiger partial charge >= 0.3 is 0 Å². The second-order valence-corrected chi connectivity index (χ2v) is 6.69. The van der Waals surface area contributed by atoms with E-state index in [1.165, 1.54) is 6.39 Å². The third-order valence-corrected chi connectivity index (χ3v) is 3.66. The van der Waals surface area contributed by atoms with Crippen LogP contribution < -0.4 is 5.32 Å². The highest BCUT2D eigenvalue weighted by atomic mass is 16.5. The fourth-order valence-electron chi connectivity index (χ4n) is 2.30. The molecule has 0 saturated heterocycles. The first kappa shape index (κ1) is 16.8. The van der Waals surface area contributed by atoms with Crippen molar-refractivity contribution in [3.05, 3.63) is 60.3 Å². The van der Waals surface area contributed by atoms with Crippen LogP contribution in [-0.4, -0.2) is 30.8 Å². The lowest BCUT2D eigenvalue weighted by Crippen LogP contribution is -2.32. The predicted octanol–water partition coefficient (Wildman–Crippen LogP) is 2.13. The monoisotopic (exact) mass is 340 g/mol. The third kappa shape index (κ3) is 4.09. The van der Waals surface area contributed by atoms with Gasteiger partial charge in [0.25, 0.3) is 5.91 Å². The van der Waals surface area contributed by atoms with E-state index in [0.717, 1.165) is 5.56 Å². The van der Waals surface area contributed by atoms with Gasteiger partial charge < -0.3 is 9.84 Å². The summed E-state index contributed by atoms with van der Waals surface area (Å²) in [7, 11) is 0. The van der Waals surface area contributed by atoms with Gasteiger partial charge in [0.15, 0.2) is 5.82 Å². The van der Waals surface area contributed by atoms with Crippen LogP contribution in [0.2, 0.25) is 0 Å². The molecular formula is C17H20N6O2. The van der Waals surface area contributed by atoms with Gasteiger partial charge in [-0.25, -0.2) is 9.67 Å². The smallest absolute Gasteiger partial charge is 0.291 e. The van der Waals surface area contributed by atoms with Crippen molar-refractivity contribution in [2.75, 3.05) is 0 Å². The van der Waals surface area contributed by atoms with E-state index in [4.69, 9.17) is 4.52 Å². The molecule has 8 heteroatoms. The van der Waals surface area contributed by atoms with Gasteiger partial charge in [-0.3, -0.25) is 4.79 Å². The number of nitrogens with one attached hydrogen (secondary N) is 1. The molecule has 130 valence electrons. The first-order valence-electron chi connectivity index (χ1n) is 7.96. The van der Waals surface area contributed by atoms with Crippen LogP contribution in [0.25, 0.3) is 0 Å². The van der Waals surface area contributed by atoms with E-state index in [9.17, 15) is 4.79 Å². The number of amides is 1. The van der Waals surface area contributed by atoms with Crippen molar-refractivity contribution >= 4 is 5.91 Å². The van der Waals surface area contributed by atoms with E-state index in [-0.39, 0.29) is 17.3 Å². The number of aromatic nitrogens is 5. The van der Waals surface area contributed by atoms with Crippen molar-refractivity contribution in [3.63, 3.8) is 0 Å². The number of nitrogens with zero attached hydrogens (tertiary/aromatic N) is 5. The quantitative estimate of drug-likeness (QED) is 0.764. The molecule has 0 aliphatic carbocycles. The van der Waals surface area contributed by atoms with Crippen LogP contribution in [0.1, 0.15) is 48.8 Å². The highest BCUT2D eigenvalue weighted by Gasteiger charge is 2.23. The van der Waals surface area contributed by atoms with Crippen LogP contribution in [0.4, 0.5) is 0 Å². The van der Waals surface area contributed by atoms with Crippen LogP contribution in [0.15, 0.2) is 47.6 Å². The predicted molar refractivity (Wildman–Crippen MR) is 89.7 cm³/mol. The maximum Gasteiger partial charge on any atom is 0.291 e. The summed E-state index contributed by atoms with van der Waals surface area (Å²) in [6.07, 6.45) is 3.33. The zero-order valence-corrected chi connectivity index (χ0v) is 14.4. The number of rotatable bonds is 5. The van der Waals surface area contributed by atoms with Crippen molar-refractivity contribution in [3.8, 4) is 0 Å². The molecule has 0 spiro atoms. The molecular weight excluding hydrogens is 320 g/mol. The third-order valence-electron chi connectivity index (χ3n) is 3.66. The van der Waals surface area contributed by atoms with Crippen LogP contribution in [-0.2, 0) is 12.0 Å². The zero-order valence-electron chi connectivity index (χ0n) is 14.4. The summed E-state index contributed by atoms with van der Waals surface area (Å²) < 4.78 is 6.48. The molecule has 0 saturated carbocycles. The summed E-state index contributed by atoms with van der Waals surface area (Å²) in [5.74, 6) is 0.137. The molecule has 0 bridgehead atoms. The number of carbonyl (C=O) groups excluding carboxylic acids is 1. The Morgan fingerprint density at radius 3 is 2.60 bits per heavy atom. The lowest BCUT2D eigenvalue weighted by atomic mass is 10.1. The molecule has 1 atom stereocenters. The minimum absolute atomic E-state index is 0.108. The minimum atomic E-state index is -0.435. The molecule has 0 unspecified atom stereocenters. The Morgan fingerprint density at radius 2 is 2.00 bits per heavy atom. The average Bonchev–Trinajstić information content (AvgIpc) is 3.26.